The molecule has 1 atom stereocenters. The van der Waals surface area contributed by atoms with Gasteiger partial charge in [0.05, 0.1) is 0 Å². The van der Waals surface area contributed by atoms with Crippen LogP contribution in [0.15, 0.2) is 23.9 Å². The Kier molecular flexibility index (Phi) is 3.08. The Morgan fingerprint density at radius 2 is 2.38 bits per heavy atom. The number of fused-ring (bicyclic) bond motifs is 1. The second-order valence-corrected chi connectivity index (χ2v) is 4.22. The van der Waals surface area contributed by atoms with Gasteiger partial charge in [-0.1, -0.05) is 12.2 Å². The van der Waals surface area contributed by atoms with E-state index in [1.54, 1.807) is 0 Å². The molecular weight excluding hydrogens is 206 g/mol. The van der Waals surface area contributed by atoms with Crippen molar-refractivity contribution in [1.29, 1.82) is 0 Å². The molecule has 0 unspecified atom stereocenters. The van der Waals surface area contributed by atoms with Crippen LogP contribution in [0.3, 0.4) is 0 Å². The fourth-order valence-electron chi connectivity index (χ4n) is 2.34. The van der Waals surface area contributed by atoms with E-state index in [4.69, 9.17) is 5.11 Å². The number of carbonyl (C=O) groups excluding carboxylic acids is 1. The first-order valence-corrected chi connectivity index (χ1v) is 5.57. The van der Waals surface area contributed by atoms with Gasteiger partial charge in [0, 0.05) is 18.0 Å². The number of aliphatic carboxylic acids is 1. The highest BCUT2D eigenvalue weighted by Crippen LogP contribution is 2.31. The van der Waals surface area contributed by atoms with Crippen LogP contribution in [-0.4, -0.2) is 28.4 Å². The highest BCUT2D eigenvalue weighted by molar-refractivity contribution is 5.83. The number of allylic oxidation sites excluding steroid dienone is 4. The molecule has 4 heteroatoms. The lowest BCUT2D eigenvalue weighted by Gasteiger charge is -2.27. The van der Waals surface area contributed by atoms with E-state index in [1.165, 1.54) is 4.90 Å². The van der Waals surface area contributed by atoms with E-state index >= 15 is 0 Å². The number of rotatable bonds is 2. The molecule has 4 nitrogen and oxygen atoms in total. The van der Waals surface area contributed by atoms with Gasteiger partial charge in [-0.05, 0) is 25.3 Å². The summed E-state index contributed by atoms with van der Waals surface area (Å²) in [4.78, 5) is 24.0. The molecule has 1 heterocycles. The molecule has 1 aliphatic heterocycles. The number of hydrogen-bond donors (Lipinski definition) is 1. The molecule has 1 saturated heterocycles. The molecule has 86 valence electrons. The molecule has 1 N–H and O–H groups in total. The Morgan fingerprint density at radius 1 is 1.56 bits per heavy atom. The minimum Gasteiger partial charge on any atom is -0.480 e. The molecule has 1 amide bonds. The summed E-state index contributed by atoms with van der Waals surface area (Å²) < 4.78 is 0. The van der Waals surface area contributed by atoms with Gasteiger partial charge in [-0.25, -0.2) is 0 Å². The first-order chi connectivity index (χ1) is 7.68. The van der Waals surface area contributed by atoms with E-state index in [0.29, 0.717) is 12.3 Å². The molecule has 0 aromatic carbocycles. The van der Waals surface area contributed by atoms with Crippen molar-refractivity contribution in [2.24, 2.45) is 5.92 Å². The lowest BCUT2D eigenvalue weighted by Crippen LogP contribution is -2.36. The van der Waals surface area contributed by atoms with Crippen molar-refractivity contribution in [1.82, 2.24) is 4.90 Å². The largest absolute Gasteiger partial charge is 0.480 e. The van der Waals surface area contributed by atoms with Crippen LogP contribution >= 0.6 is 0 Å². The van der Waals surface area contributed by atoms with Crippen molar-refractivity contribution in [2.45, 2.75) is 25.7 Å². The van der Waals surface area contributed by atoms with E-state index in [9.17, 15) is 9.59 Å². The van der Waals surface area contributed by atoms with Gasteiger partial charge >= 0.3 is 5.97 Å². The molecule has 0 bridgehead atoms. The van der Waals surface area contributed by atoms with Crippen LogP contribution in [0.4, 0.5) is 0 Å². The normalized spacial score (nSPS) is 24.8. The fraction of sp³-hybridized carbons (Fsp3) is 0.500. The predicted octanol–water partition coefficient (Wildman–Crippen LogP) is 1.54. The quantitative estimate of drug-likeness (QED) is 0.769. The number of hydrogen-bond acceptors (Lipinski definition) is 2. The Morgan fingerprint density at radius 3 is 3.12 bits per heavy atom. The van der Waals surface area contributed by atoms with Crippen LogP contribution in [0.5, 0.6) is 0 Å². The highest BCUT2D eigenvalue weighted by atomic mass is 16.4. The summed E-state index contributed by atoms with van der Waals surface area (Å²) in [5.41, 5.74) is 0.882. The Hall–Kier alpha value is -1.58. The zero-order valence-corrected chi connectivity index (χ0v) is 9.06. The first kappa shape index (κ1) is 10.9. The van der Waals surface area contributed by atoms with E-state index in [2.05, 4.69) is 6.08 Å². The van der Waals surface area contributed by atoms with Gasteiger partial charge < -0.3 is 10.0 Å². The summed E-state index contributed by atoms with van der Waals surface area (Å²) in [6.45, 7) is -0.213. The molecule has 1 aliphatic carbocycles. The minimum atomic E-state index is -0.954. The van der Waals surface area contributed by atoms with Crippen LogP contribution in [-0.2, 0) is 9.59 Å². The van der Waals surface area contributed by atoms with Crippen LogP contribution < -0.4 is 0 Å². The zero-order valence-electron chi connectivity index (χ0n) is 9.06. The Balaban J connectivity index is 2.27. The second-order valence-electron chi connectivity index (χ2n) is 4.22. The molecule has 16 heavy (non-hydrogen) atoms. The van der Waals surface area contributed by atoms with E-state index in [0.717, 1.165) is 25.0 Å². The molecule has 2 rings (SSSR count). The predicted molar refractivity (Wildman–Crippen MR) is 58.5 cm³/mol. The molecular formula is C12H15NO3. The monoisotopic (exact) mass is 221 g/mol. The molecule has 0 radical (unpaired) electrons. The van der Waals surface area contributed by atoms with Crippen molar-refractivity contribution >= 4 is 11.9 Å². The van der Waals surface area contributed by atoms with Crippen LogP contribution in [0, 0.1) is 5.92 Å². The van der Waals surface area contributed by atoms with Gasteiger partial charge in [0.1, 0.15) is 6.54 Å². The van der Waals surface area contributed by atoms with Crippen LogP contribution in [0.2, 0.25) is 0 Å². The van der Waals surface area contributed by atoms with Crippen LogP contribution in [0.25, 0.3) is 0 Å². The third-order valence-electron chi connectivity index (χ3n) is 3.09. The maximum Gasteiger partial charge on any atom is 0.323 e. The summed E-state index contributed by atoms with van der Waals surface area (Å²) in [7, 11) is 0. The van der Waals surface area contributed by atoms with Gasteiger partial charge in [-0.2, -0.15) is 0 Å². The first-order valence-electron chi connectivity index (χ1n) is 5.57. The lowest BCUT2D eigenvalue weighted by molar-refractivity contribution is -0.143. The summed E-state index contributed by atoms with van der Waals surface area (Å²) >= 11 is 0. The maximum absolute atomic E-state index is 11.8. The average Bonchev–Trinajstić information content (AvgIpc) is 2.40. The SMILES string of the molecule is O=C(O)CN1C(=O)CCC[C@H]2CC=CC=C21. The summed E-state index contributed by atoms with van der Waals surface area (Å²) in [5.74, 6) is -0.702. The van der Waals surface area contributed by atoms with E-state index in [-0.39, 0.29) is 12.5 Å². The van der Waals surface area contributed by atoms with E-state index in [1.807, 2.05) is 12.2 Å². The molecule has 2 aliphatic rings. The Bertz CT molecular complexity index is 370. The maximum atomic E-state index is 11.8. The van der Waals surface area contributed by atoms with Crippen molar-refractivity contribution in [2.75, 3.05) is 6.54 Å². The van der Waals surface area contributed by atoms with Gasteiger partial charge in [0.25, 0.3) is 0 Å². The third kappa shape index (κ3) is 2.15. The number of amides is 1. The number of carboxylic acid groups (broad SMARTS) is 1. The van der Waals surface area contributed by atoms with Gasteiger partial charge in [-0.3, -0.25) is 9.59 Å². The van der Waals surface area contributed by atoms with Gasteiger partial charge in [-0.15, -0.1) is 0 Å². The highest BCUT2D eigenvalue weighted by Gasteiger charge is 2.29. The lowest BCUT2D eigenvalue weighted by atomic mass is 9.92. The molecule has 0 aromatic rings. The molecule has 0 aromatic heterocycles. The zero-order chi connectivity index (χ0) is 11.5. The summed E-state index contributed by atoms with van der Waals surface area (Å²) in [6.07, 6.45) is 9.04. The minimum absolute atomic E-state index is 0.0635. The average molecular weight is 221 g/mol. The molecule has 0 saturated carbocycles. The van der Waals surface area contributed by atoms with Crippen molar-refractivity contribution < 1.29 is 14.7 Å². The Labute approximate surface area is 94.2 Å². The summed E-state index contributed by atoms with van der Waals surface area (Å²) in [5, 5.41) is 8.83. The summed E-state index contributed by atoms with van der Waals surface area (Å²) in [6, 6.07) is 0. The number of carbonyl (C=O) groups is 2. The fourth-order valence-corrected chi connectivity index (χ4v) is 2.34. The number of carboxylic acids is 1. The molecule has 0 spiro atoms. The van der Waals surface area contributed by atoms with E-state index < -0.39 is 5.97 Å². The smallest absolute Gasteiger partial charge is 0.323 e. The van der Waals surface area contributed by atoms with Crippen LogP contribution in [0.1, 0.15) is 25.7 Å². The van der Waals surface area contributed by atoms with Gasteiger partial charge in [0.2, 0.25) is 5.91 Å². The van der Waals surface area contributed by atoms with Crippen molar-refractivity contribution in [3.05, 3.63) is 23.9 Å². The number of nitrogens with zero attached hydrogens (tertiary/aromatic N) is 1. The topological polar surface area (TPSA) is 57.6 Å². The third-order valence-corrected chi connectivity index (χ3v) is 3.09. The second kappa shape index (κ2) is 4.51. The van der Waals surface area contributed by atoms with Crippen molar-refractivity contribution in [3.63, 3.8) is 0 Å². The van der Waals surface area contributed by atoms with Gasteiger partial charge in [0.15, 0.2) is 0 Å². The standard InChI is InChI=1S/C12H15NO3/c14-11-7-3-5-9-4-1-2-6-10(9)13(11)8-12(15)16/h1-2,6,9H,3-5,7-8H2,(H,15,16)/t9-/m1/s1. The molecule has 1 fully saturated rings. The van der Waals surface area contributed by atoms with Crippen molar-refractivity contribution in [3.8, 4) is 0 Å². The number of likely N-dealkylation sites (tertiary alicyclic amines) is 1.